The summed E-state index contributed by atoms with van der Waals surface area (Å²) < 4.78 is 2.37. The number of aryl methyl sites for hydroxylation is 1. The van der Waals surface area contributed by atoms with Gasteiger partial charge in [-0.2, -0.15) is 0 Å². The van der Waals surface area contributed by atoms with Crippen LogP contribution in [0.1, 0.15) is 38.3 Å². The Bertz CT molecular complexity index is 625. The molecule has 0 aliphatic rings. The van der Waals surface area contributed by atoms with Crippen LogP contribution in [0.4, 0.5) is 0 Å². The number of hydrogen-bond acceptors (Lipinski definition) is 0. The minimum atomic E-state index is 1.18. The van der Waals surface area contributed by atoms with Crippen molar-refractivity contribution in [2.24, 2.45) is 0 Å². The molecule has 2 heterocycles. The molecule has 0 radical (unpaired) electrons. The highest BCUT2D eigenvalue weighted by Gasteiger charge is 2.09. The first-order valence-corrected chi connectivity index (χ1v) is 7.38. The van der Waals surface area contributed by atoms with Gasteiger partial charge in [0.15, 0.2) is 0 Å². The number of aromatic nitrogens is 1. The van der Waals surface area contributed by atoms with Gasteiger partial charge in [0.25, 0.3) is 0 Å². The zero-order valence-corrected chi connectivity index (χ0v) is 11.6. The molecule has 2 aromatic heterocycles. The fourth-order valence-electron chi connectivity index (χ4n) is 2.96. The minimum absolute atomic E-state index is 1.18. The third-order valence-corrected chi connectivity index (χ3v) is 3.93. The van der Waals surface area contributed by atoms with Crippen LogP contribution in [0, 0.1) is 0 Å². The van der Waals surface area contributed by atoms with Gasteiger partial charge >= 0.3 is 0 Å². The van der Waals surface area contributed by atoms with Crippen LogP contribution in [0.25, 0.3) is 16.3 Å². The summed E-state index contributed by atoms with van der Waals surface area (Å²) in [7, 11) is 0. The highest BCUT2D eigenvalue weighted by atomic mass is 14.9. The van der Waals surface area contributed by atoms with E-state index in [9.17, 15) is 0 Å². The summed E-state index contributed by atoms with van der Waals surface area (Å²) >= 11 is 0. The molecule has 3 aromatic rings. The Hall–Kier alpha value is -1.76. The topological polar surface area (TPSA) is 4.41 Å². The van der Waals surface area contributed by atoms with Gasteiger partial charge < -0.3 is 4.40 Å². The molecule has 0 aliphatic carbocycles. The van der Waals surface area contributed by atoms with Crippen molar-refractivity contribution in [3.63, 3.8) is 0 Å². The fourth-order valence-corrected chi connectivity index (χ4v) is 2.96. The lowest BCUT2D eigenvalue weighted by Crippen LogP contribution is -1.93. The molecule has 0 fully saturated rings. The molecular formula is C18H21N. The summed E-state index contributed by atoms with van der Waals surface area (Å²) in [5.74, 6) is 0. The van der Waals surface area contributed by atoms with E-state index < -0.39 is 0 Å². The van der Waals surface area contributed by atoms with Crippen molar-refractivity contribution >= 4 is 16.3 Å². The molecule has 0 saturated carbocycles. The molecule has 0 bridgehead atoms. The summed E-state index contributed by atoms with van der Waals surface area (Å²) in [6.45, 7) is 2.27. The van der Waals surface area contributed by atoms with E-state index in [0.717, 1.165) is 0 Å². The first-order valence-electron chi connectivity index (χ1n) is 7.38. The van der Waals surface area contributed by atoms with Crippen LogP contribution >= 0.6 is 0 Å². The van der Waals surface area contributed by atoms with E-state index in [1.54, 1.807) is 0 Å². The monoisotopic (exact) mass is 251 g/mol. The van der Waals surface area contributed by atoms with Gasteiger partial charge in [0.05, 0.1) is 5.52 Å². The predicted octanol–water partition coefficient (Wildman–Crippen LogP) is 5.22. The van der Waals surface area contributed by atoms with Crippen LogP contribution in [0.15, 0.2) is 48.7 Å². The summed E-state index contributed by atoms with van der Waals surface area (Å²) in [6.07, 6.45) is 8.66. The number of fused-ring (bicyclic) bond motifs is 3. The van der Waals surface area contributed by atoms with E-state index in [-0.39, 0.29) is 0 Å². The van der Waals surface area contributed by atoms with E-state index in [1.807, 2.05) is 0 Å². The zero-order valence-electron chi connectivity index (χ0n) is 11.6. The van der Waals surface area contributed by atoms with Gasteiger partial charge in [-0.05, 0) is 25.0 Å². The van der Waals surface area contributed by atoms with Crippen molar-refractivity contribution in [3.05, 3.63) is 54.4 Å². The number of hydrogen-bond donors (Lipinski definition) is 0. The van der Waals surface area contributed by atoms with Crippen molar-refractivity contribution in [2.45, 2.75) is 39.0 Å². The maximum Gasteiger partial charge on any atom is 0.0531 e. The highest BCUT2D eigenvalue weighted by molar-refractivity contribution is 5.99. The quantitative estimate of drug-likeness (QED) is 0.548. The van der Waals surface area contributed by atoms with Gasteiger partial charge in [-0.3, -0.25) is 0 Å². The molecule has 0 atom stereocenters. The van der Waals surface area contributed by atoms with Crippen LogP contribution in [-0.4, -0.2) is 4.40 Å². The fraction of sp³-hybridized carbons (Fsp3) is 0.333. The van der Waals surface area contributed by atoms with Crippen molar-refractivity contribution in [3.8, 4) is 0 Å². The molecule has 1 nitrogen and oxygen atoms in total. The molecule has 0 unspecified atom stereocenters. The standard InChI is InChI=1S/C18H21N/c1-2-3-4-5-12-17-15-10-6-7-11-16(15)18-13-8-9-14-19(17)18/h6-11,13-14H,2-5,12H2,1H3. The van der Waals surface area contributed by atoms with Gasteiger partial charge in [-0.15, -0.1) is 0 Å². The second kappa shape index (κ2) is 5.48. The lowest BCUT2D eigenvalue weighted by Gasteiger charge is -2.03. The lowest BCUT2D eigenvalue weighted by molar-refractivity contribution is 0.660. The molecule has 0 N–H and O–H groups in total. The Balaban J connectivity index is 2.04. The molecule has 0 spiro atoms. The number of unbranched alkanes of at least 4 members (excludes halogenated alkanes) is 3. The number of rotatable bonds is 5. The van der Waals surface area contributed by atoms with Crippen molar-refractivity contribution in [1.82, 2.24) is 4.40 Å². The Morgan fingerprint density at radius 3 is 2.47 bits per heavy atom. The molecule has 1 heteroatoms. The van der Waals surface area contributed by atoms with Crippen LogP contribution < -0.4 is 0 Å². The van der Waals surface area contributed by atoms with Crippen LogP contribution in [-0.2, 0) is 6.42 Å². The maximum absolute atomic E-state index is 2.37. The van der Waals surface area contributed by atoms with Crippen molar-refractivity contribution < 1.29 is 0 Å². The average Bonchev–Trinajstić information content (AvgIpc) is 2.78. The van der Waals surface area contributed by atoms with Crippen LogP contribution in [0.3, 0.4) is 0 Å². The molecular weight excluding hydrogens is 230 g/mol. The van der Waals surface area contributed by atoms with E-state index >= 15 is 0 Å². The van der Waals surface area contributed by atoms with Gasteiger partial charge in [0, 0.05) is 22.7 Å². The third-order valence-electron chi connectivity index (χ3n) is 3.93. The van der Waals surface area contributed by atoms with Crippen LogP contribution in [0.5, 0.6) is 0 Å². The van der Waals surface area contributed by atoms with Gasteiger partial charge in [0.1, 0.15) is 0 Å². The van der Waals surface area contributed by atoms with Crippen molar-refractivity contribution in [1.29, 1.82) is 0 Å². The average molecular weight is 251 g/mol. The summed E-state index contributed by atoms with van der Waals surface area (Å²) in [5, 5.41) is 2.80. The summed E-state index contributed by atoms with van der Waals surface area (Å²) in [6, 6.07) is 15.3. The van der Waals surface area contributed by atoms with Gasteiger partial charge in [0.2, 0.25) is 0 Å². The normalized spacial score (nSPS) is 11.4. The Labute approximate surface area is 114 Å². The molecule has 1 aromatic carbocycles. The summed E-state index contributed by atoms with van der Waals surface area (Å²) in [4.78, 5) is 0. The highest BCUT2D eigenvalue weighted by Crippen LogP contribution is 2.27. The lowest BCUT2D eigenvalue weighted by atomic mass is 10.1. The molecule has 0 aliphatic heterocycles. The Morgan fingerprint density at radius 2 is 1.63 bits per heavy atom. The molecule has 19 heavy (non-hydrogen) atoms. The second-order valence-corrected chi connectivity index (χ2v) is 5.26. The minimum Gasteiger partial charge on any atom is -0.320 e. The molecule has 0 saturated heterocycles. The number of pyridine rings is 1. The maximum atomic E-state index is 2.37. The molecule has 98 valence electrons. The third kappa shape index (κ3) is 2.25. The zero-order chi connectivity index (χ0) is 13.1. The van der Waals surface area contributed by atoms with E-state index in [1.165, 1.54) is 54.1 Å². The summed E-state index contributed by atoms with van der Waals surface area (Å²) in [5.41, 5.74) is 2.81. The second-order valence-electron chi connectivity index (χ2n) is 5.26. The van der Waals surface area contributed by atoms with E-state index in [0.29, 0.717) is 0 Å². The number of nitrogens with zero attached hydrogens (tertiary/aromatic N) is 1. The van der Waals surface area contributed by atoms with E-state index in [4.69, 9.17) is 0 Å². The van der Waals surface area contributed by atoms with Crippen molar-refractivity contribution in [2.75, 3.05) is 0 Å². The number of benzene rings is 1. The van der Waals surface area contributed by atoms with E-state index in [2.05, 4.69) is 60.0 Å². The largest absolute Gasteiger partial charge is 0.320 e. The van der Waals surface area contributed by atoms with Gasteiger partial charge in [-0.25, -0.2) is 0 Å². The first kappa shape index (κ1) is 12.3. The Kier molecular flexibility index (Phi) is 3.54. The Morgan fingerprint density at radius 1 is 0.842 bits per heavy atom. The SMILES string of the molecule is CCCCCCc1c2ccccc2c2ccccn12. The molecule has 3 rings (SSSR count). The first-order chi connectivity index (χ1) is 9.42. The molecule has 0 amide bonds. The smallest absolute Gasteiger partial charge is 0.0531 e. The predicted molar refractivity (Wildman–Crippen MR) is 82.7 cm³/mol. The van der Waals surface area contributed by atoms with Crippen LogP contribution in [0.2, 0.25) is 0 Å². The van der Waals surface area contributed by atoms with Gasteiger partial charge in [-0.1, -0.05) is 56.5 Å².